The van der Waals surface area contributed by atoms with Crippen molar-refractivity contribution in [3.8, 4) is 0 Å². The standard InChI is InChI=1S/C14H22FN3/c1-14(2,3)13-5-4-10(8-17-13)18-7-6-12(16)11(15)9-18/h4-5,8,11-12H,6-7,9,16H2,1-3H3/t11-,12+/m0/s1. The molecule has 1 aromatic heterocycles. The summed E-state index contributed by atoms with van der Waals surface area (Å²) in [6.07, 6.45) is 1.59. The van der Waals surface area contributed by atoms with Gasteiger partial charge in [0.2, 0.25) is 0 Å². The summed E-state index contributed by atoms with van der Waals surface area (Å²) in [5, 5.41) is 0. The number of aromatic nitrogens is 1. The van der Waals surface area contributed by atoms with Gasteiger partial charge in [0.05, 0.1) is 18.4 Å². The van der Waals surface area contributed by atoms with E-state index in [0.717, 1.165) is 17.9 Å². The van der Waals surface area contributed by atoms with E-state index in [2.05, 4.69) is 25.8 Å². The van der Waals surface area contributed by atoms with Crippen LogP contribution in [0.4, 0.5) is 10.1 Å². The molecular formula is C14H22FN3. The van der Waals surface area contributed by atoms with Gasteiger partial charge in [-0.05, 0) is 18.6 Å². The van der Waals surface area contributed by atoms with Crippen LogP contribution in [0.15, 0.2) is 18.3 Å². The summed E-state index contributed by atoms with van der Waals surface area (Å²) in [5.41, 5.74) is 7.77. The molecule has 1 saturated heterocycles. The van der Waals surface area contributed by atoms with Crippen molar-refractivity contribution in [2.45, 2.75) is 44.8 Å². The minimum Gasteiger partial charge on any atom is -0.367 e. The molecule has 4 heteroatoms. The molecule has 0 bridgehead atoms. The van der Waals surface area contributed by atoms with Crippen molar-refractivity contribution in [1.82, 2.24) is 4.98 Å². The molecule has 0 aliphatic carbocycles. The first-order valence-electron chi connectivity index (χ1n) is 6.49. The predicted octanol–water partition coefficient (Wildman–Crippen LogP) is 2.25. The molecule has 0 spiro atoms. The number of hydrogen-bond donors (Lipinski definition) is 1. The van der Waals surface area contributed by atoms with Gasteiger partial charge in [0, 0.05) is 23.7 Å². The van der Waals surface area contributed by atoms with E-state index in [9.17, 15) is 4.39 Å². The molecule has 0 radical (unpaired) electrons. The molecular weight excluding hydrogens is 229 g/mol. The Hall–Kier alpha value is -1.16. The minimum atomic E-state index is -0.943. The maximum absolute atomic E-state index is 13.6. The molecule has 18 heavy (non-hydrogen) atoms. The molecule has 2 rings (SSSR count). The third kappa shape index (κ3) is 2.80. The minimum absolute atomic E-state index is 0.0470. The Balaban J connectivity index is 2.11. The zero-order valence-corrected chi connectivity index (χ0v) is 11.4. The summed E-state index contributed by atoms with van der Waals surface area (Å²) in [6, 6.07) is 3.73. The van der Waals surface area contributed by atoms with E-state index in [1.54, 1.807) is 0 Å². The highest BCUT2D eigenvalue weighted by atomic mass is 19.1. The van der Waals surface area contributed by atoms with E-state index in [1.807, 2.05) is 23.2 Å². The predicted molar refractivity (Wildman–Crippen MR) is 72.6 cm³/mol. The van der Waals surface area contributed by atoms with Gasteiger partial charge in [-0.1, -0.05) is 20.8 Å². The topological polar surface area (TPSA) is 42.1 Å². The smallest absolute Gasteiger partial charge is 0.133 e. The van der Waals surface area contributed by atoms with Gasteiger partial charge in [-0.25, -0.2) is 4.39 Å². The third-order valence-electron chi connectivity index (χ3n) is 3.47. The second-order valence-corrected chi connectivity index (χ2v) is 6.07. The van der Waals surface area contributed by atoms with E-state index >= 15 is 0 Å². The average molecular weight is 251 g/mol. The number of piperidine rings is 1. The van der Waals surface area contributed by atoms with E-state index in [-0.39, 0.29) is 11.5 Å². The van der Waals surface area contributed by atoms with Crippen LogP contribution in [-0.2, 0) is 5.41 Å². The van der Waals surface area contributed by atoms with Gasteiger partial charge >= 0.3 is 0 Å². The Kier molecular flexibility index (Phi) is 3.57. The SMILES string of the molecule is CC(C)(C)c1ccc(N2CC[C@@H](N)[C@@H](F)C2)cn1. The molecule has 1 aliphatic rings. The lowest BCUT2D eigenvalue weighted by molar-refractivity contribution is 0.251. The summed E-state index contributed by atoms with van der Waals surface area (Å²) in [5.74, 6) is 0. The fourth-order valence-corrected chi connectivity index (χ4v) is 2.17. The zero-order valence-electron chi connectivity index (χ0n) is 11.4. The molecule has 2 N–H and O–H groups in total. The van der Waals surface area contributed by atoms with Crippen molar-refractivity contribution in [3.05, 3.63) is 24.0 Å². The van der Waals surface area contributed by atoms with Crippen LogP contribution in [0.2, 0.25) is 0 Å². The van der Waals surface area contributed by atoms with Gasteiger partial charge in [-0.2, -0.15) is 0 Å². The zero-order chi connectivity index (χ0) is 13.3. The number of hydrogen-bond acceptors (Lipinski definition) is 3. The first-order valence-corrected chi connectivity index (χ1v) is 6.49. The molecule has 2 atom stereocenters. The Labute approximate surface area is 108 Å². The summed E-state index contributed by atoms with van der Waals surface area (Å²) < 4.78 is 13.6. The highest BCUT2D eigenvalue weighted by Crippen LogP contribution is 2.24. The molecule has 0 aromatic carbocycles. The van der Waals surface area contributed by atoms with E-state index in [1.165, 1.54) is 0 Å². The average Bonchev–Trinajstić information content (AvgIpc) is 2.32. The van der Waals surface area contributed by atoms with Crippen molar-refractivity contribution < 1.29 is 4.39 Å². The lowest BCUT2D eigenvalue weighted by Crippen LogP contribution is -2.48. The molecule has 0 unspecified atom stereocenters. The fraction of sp³-hybridized carbons (Fsp3) is 0.643. The molecule has 0 amide bonds. The van der Waals surface area contributed by atoms with Gasteiger partial charge in [-0.3, -0.25) is 4.98 Å². The Morgan fingerprint density at radius 3 is 2.61 bits per heavy atom. The lowest BCUT2D eigenvalue weighted by atomic mass is 9.91. The summed E-state index contributed by atoms with van der Waals surface area (Å²) in [6.45, 7) is 7.57. The third-order valence-corrected chi connectivity index (χ3v) is 3.47. The van der Waals surface area contributed by atoms with E-state index in [0.29, 0.717) is 13.0 Å². The quantitative estimate of drug-likeness (QED) is 0.832. The number of rotatable bonds is 1. The fourth-order valence-electron chi connectivity index (χ4n) is 2.17. The monoisotopic (exact) mass is 251 g/mol. The number of halogens is 1. The van der Waals surface area contributed by atoms with Crippen molar-refractivity contribution in [2.75, 3.05) is 18.0 Å². The van der Waals surface area contributed by atoms with Crippen molar-refractivity contribution in [3.63, 3.8) is 0 Å². The number of pyridine rings is 1. The van der Waals surface area contributed by atoms with Crippen LogP contribution < -0.4 is 10.6 Å². The van der Waals surface area contributed by atoms with Crippen molar-refractivity contribution in [2.24, 2.45) is 5.73 Å². The summed E-state index contributed by atoms with van der Waals surface area (Å²) in [4.78, 5) is 6.50. The first-order chi connectivity index (χ1) is 8.38. The largest absolute Gasteiger partial charge is 0.367 e. The van der Waals surface area contributed by atoms with Crippen LogP contribution in [0.25, 0.3) is 0 Å². The highest BCUT2D eigenvalue weighted by Gasteiger charge is 2.26. The number of nitrogens with zero attached hydrogens (tertiary/aromatic N) is 2. The van der Waals surface area contributed by atoms with Gasteiger partial charge in [0.25, 0.3) is 0 Å². The van der Waals surface area contributed by atoms with Gasteiger partial charge in [-0.15, -0.1) is 0 Å². The van der Waals surface area contributed by atoms with Crippen LogP contribution in [0.1, 0.15) is 32.9 Å². The Bertz CT molecular complexity index is 396. The molecule has 100 valence electrons. The van der Waals surface area contributed by atoms with Crippen LogP contribution >= 0.6 is 0 Å². The number of alkyl halides is 1. The van der Waals surface area contributed by atoms with Crippen LogP contribution in [0.3, 0.4) is 0 Å². The molecule has 0 saturated carbocycles. The van der Waals surface area contributed by atoms with Crippen LogP contribution in [0.5, 0.6) is 0 Å². The molecule has 3 nitrogen and oxygen atoms in total. The maximum atomic E-state index is 13.6. The number of nitrogens with two attached hydrogens (primary N) is 1. The highest BCUT2D eigenvalue weighted by molar-refractivity contribution is 5.46. The van der Waals surface area contributed by atoms with Gasteiger partial charge in [0.15, 0.2) is 0 Å². The second kappa shape index (κ2) is 4.84. The Morgan fingerprint density at radius 2 is 2.11 bits per heavy atom. The van der Waals surface area contributed by atoms with Crippen LogP contribution in [0, 0.1) is 0 Å². The molecule has 2 heterocycles. The summed E-state index contributed by atoms with van der Waals surface area (Å²) in [7, 11) is 0. The van der Waals surface area contributed by atoms with Gasteiger partial charge in [0.1, 0.15) is 6.17 Å². The maximum Gasteiger partial charge on any atom is 0.133 e. The molecule has 1 aromatic rings. The van der Waals surface area contributed by atoms with Gasteiger partial charge < -0.3 is 10.6 Å². The van der Waals surface area contributed by atoms with Crippen molar-refractivity contribution >= 4 is 5.69 Å². The Morgan fingerprint density at radius 1 is 1.39 bits per heavy atom. The molecule has 1 aliphatic heterocycles. The first kappa shape index (κ1) is 13.3. The summed E-state index contributed by atoms with van der Waals surface area (Å²) >= 11 is 0. The van der Waals surface area contributed by atoms with E-state index < -0.39 is 6.17 Å². The van der Waals surface area contributed by atoms with Crippen LogP contribution in [-0.4, -0.2) is 30.3 Å². The normalized spacial score (nSPS) is 25.3. The second-order valence-electron chi connectivity index (χ2n) is 6.07. The molecule has 1 fully saturated rings. The lowest BCUT2D eigenvalue weighted by Gasteiger charge is -2.34. The van der Waals surface area contributed by atoms with Crippen molar-refractivity contribution in [1.29, 1.82) is 0 Å². The number of anilines is 1. The van der Waals surface area contributed by atoms with E-state index in [4.69, 9.17) is 5.73 Å².